The minimum Gasteiger partial charge on any atom is -0.377 e. The Bertz CT molecular complexity index is 869. The van der Waals surface area contributed by atoms with Gasteiger partial charge in [-0.25, -0.2) is 4.39 Å². The first kappa shape index (κ1) is 17.2. The maximum absolute atomic E-state index is 13.0. The third-order valence-corrected chi connectivity index (χ3v) is 4.62. The number of hydrogen-bond donors (Lipinski definition) is 0. The molecule has 9 heteroatoms. The molecule has 2 aromatic carbocycles. The number of aryl methyl sites for hydroxylation is 1. The van der Waals surface area contributed by atoms with Crippen molar-refractivity contribution in [1.29, 1.82) is 0 Å². The van der Waals surface area contributed by atoms with E-state index in [-0.39, 0.29) is 21.4 Å². The number of halogens is 2. The van der Waals surface area contributed by atoms with Gasteiger partial charge >= 0.3 is 10.1 Å². The molecule has 0 unspecified atom stereocenters. The van der Waals surface area contributed by atoms with Gasteiger partial charge in [0, 0.05) is 12.1 Å². The van der Waals surface area contributed by atoms with Crippen LogP contribution in [-0.2, 0) is 16.5 Å². The van der Waals surface area contributed by atoms with E-state index >= 15 is 0 Å². The van der Waals surface area contributed by atoms with Crippen molar-refractivity contribution in [1.82, 2.24) is 0 Å². The summed E-state index contributed by atoms with van der Waals surface area (Å²) in [5.41, 5.74) is -0.0246. The van der Waals surface area contributed by atoms with Gasteiger partial charge in [0.05, 0.1) is 9.95 Å². The molecule has 0 aromatic heterocycles. The number of non-ortho nitro benzene ring substituents is 1. The molecule has 0 aliphatic carbocycles. The predicted molar refractivity (Wildman–Crippen MR) is 81.7 cm³/mol. The molecule has 0 atom stereocenters. The van der Waals surface area contributed by atoms with E-state index in [9.17, 15) is 22.9 Å². The molecule has 0 bridgehead atoms. The molecule has 0 heterocycles. The summed E-state index contributed by atoms with van der Waals surface area (Å²) in [5.74, 6) is -0.911. The summed E-state index contributed by atoms with van der Waals surface area (Å²) in [4.78, 5) is 9.81. The van der Waals surface area contributed by atoms with Crippen LogP contribution in [0.4, 0.5) is 10.1 Å². The number of nitrogens with zero attached hydrogens (tertiary/aromatic N) is 1. The molecule has 0 radical (unpaired) electrons. The Balaban J connectivity index is 2.50. The Kier molecular flexibility index (Phi) is 4.86. The molecule has 6 nitrogen and oxygen atoms in total. The Morgan fingerprint density at radius 3 is 2.52 bits per heavy atom. The maximum Gasteiger partial charge on any atom is 0.339 e. The normalized spacial score (nSPS) is 11.3. The fraction of sp³-hybridized carbons (Fsp3) is 0.143. The van der Waals surface area contributed by atoms with Gasteiger partial charge in [0.15, 0.2) is 5.75 Å². The van der Waals surface area contributed by atoms with E-state index in [0.717, 1.165) is 24.3 Å². The molecule has 0 spiro atoms. The van der Waals surface area contributed by atoms with Gasteiger partial charge in [-0.2, -0.15) is 8.42 Å². The third kappa shape index (κ3) is 3.77. The van der Waals surface area contributed by atoms with Crippen LogP contribution >= 0.6 is 11.6 Å². The lowest BCUT2D eigenvalue weighted by Gasteiger charge is -2.11. The number of rotatable bonds is 5. The highest BCUT2D eigenvalue weighted by Gasteiger charge is 2.24. The van der Waals surface area contributed by atoms with E-state index in [1.54, 1.807) is 6.92 Å². The highest BCUT2D eigenvalue weighted by molar-refractivity contribution is 7.87. The van der Waals surface area contributed by atoms with Gasteiger partial charge in [0.1, 0.15) is 10.7 Å². The predicted octanol–water partition coefficient (Wildman–Crippen LogP) is 3.72. The average Bonchev–Trinajstić information content (AvgIpc) is 2.49. The zero-order valence-corrected chi connectivity index (χ0v) is 13.4. The van der Waals surface area contributed by atoms with Crippen molar-refractivity contribution >= 4 is 27.4 Å². The van der Waals surface area contributed by atoms with Crippen molar-refractivity contribution in [3.8, 4) is 5.75 Å². The Hall–Kier alpha value is -2.19. The van der Waals surface area contributed by atoms with Crippen molar-refractivity contribution in [3.63, 3.8) is 0 Å². The van der Waals surface area contributed by atoms with E-state index < -0.39 is 20.9 Å². The van der Waals surface area contributed by atoms with Gasteiger partial charge in [-0.05, 0) is 30.2 Å². The number of hydrogen-bond acceptors (Lipinski definition) is 5. The van der Waals surface area contributed by atoms with Crippen molar-refractivity contribution in [2.24, 2.45) is 0 Å². The second-order valence-electron chi connectivity index (χ2n) is 4.51. The van der Waals surface area contributed by atoms with E-state index in [1.807, 2.05) is 0 Å². The zero-order chi connectivity index (χ0) is 17.2. The van der Waals surface area contributed by atoms with Crippen LogP contribution in [-0.4, -0.2) is 13.3 Å². The first-order valence-electron chi connectivity index (χ1n) is 6.41. The molecule has 0 saturated carbocycles. The molecule has 2 aromatic rings. The van der Waals surface area contributed by atoms with Gasteiger partial charge in [-0.15, -0.1) is 0 Å². The molecular weight excluding hydrogens is 349 g/mol. The second kappa shape index (κ2) is 6.51. The Morgan fingerprint density at radius 1 is 1.26 bits per heavy atom. The molecule has 0 amide bonds. The van der Waals surface area contributed by atoms with Crippen LogP contribution in [0.5, 0.6) is 5.75 Å². The Labute approximate surface area is 136 Å². The lowest BCUT2D eigenvalue weighted by molar-refractivity contribution is -0.385. The van der Waals surface area contributed by atoms with Crippen LogP contribution in [0.2, 0.25) is 5.02 Å². The summed E-state index contributed by atoms with van der Waals surface area (Å²) in [6.45, 7) is 1.70. The first-order valence-corrected chi connectivity index (χ1v) is 8.20. The fourth-order valence-electron chi connectivity index (χ4n) is 1.89. The SMILES string of the molecule is CCc1ccc([N+](=O)[O-])cc1S(=O)(=O)Oc1ccc(F)cc1Cl. The number of benzene rings is 2. The molecule has 2 rings (SSSR count). The van der Waals surface area contributed by atoms with Gasteiger partial charge in [-0.3, -0.25) is 10.1 Å². The zero-order valence-electron chi connectivity index (χ0n) is 11.8. The largest absolute Gasteiger partial charge is 0.377 e. The van der Waals surface area contributed by atoms with Crippen molar-refractivity contribution < 1.29 is 21.9 Å². The lowest BCUT2D eigenvalue weighted by Crippen LogP contribution is -2.13. The standard InChI is InChI=1S/C14H11ClFNO5S/c1-2-9-3-5-11(17(18)19)8-14(9)23(20,21)22-13-6-4-10(16)7-12(13)15/h3-8H,2H2,1H3. The van der Waals surface area contributed by atoms with Crippen LogP contribution in [0.25, 0.3) is 0 Å². The minimum atomic E-state index is -4.36. The lowest BCUT2D eigenvalue weighted by atomic mass is 10.1. The van der Waals surface area contributed by atoms with Crippen LogP contribution in [0.1, 0.15) is 12.5 Å². The van der Waals surface area contributed by atoms with Crippen LogP contribution in [0.3, 0.4) is 0 Å². The molecule has 0 aliphatic rings. The smallest absolute Gasteiger partial charge is 0.339 e. The van der Waals surface area contributed by atoms with Gasteiger partial charge in [-0.1, -0.05) is 24.6 Å². The van der Waals surface area contributed by atoms with E-state index in [0.29, 0.717) is 12.0 Å². The van der Waals surface area contributed by atoms with Gasteiger partial charge in [0.25, 0.3) is 5.69 Å². The highest BCUT2D eigenvalue weighted by Crippen LogP contribution is 2.30. The molecule has 0 N–H and O–H groups in total. The summed E-state index contributed by atoms with van der Waals surface area (Å²) >= 11 is 5.74. The molecule has 0 saturated heterocycles. The molecule has 23 heavy (non-hydrogen) atoms. The van der Waals surface area contributed by atoms with Gasteiger partial charge < -0.3 is 4.18 Å². The number of nitro benzene ring substituents is 1. The van der Waals surface area contributed by atoms with Gasteiger partial charge in [0.2, 0.25) is 0 Å². The van der Waals surface area contributed by atoms with E-state index in [1.165, 1.54) is 12.1 Å². The molecule has 122 valence electrons. The van der Waals surface area contributed by atoms with Crippen LogP contribution in [0.15, 0.2) is 41.3 Å². The van der Waals surface area contributed by atoms with E-state index in [4.69, 9.17) is 15.8 Å². The van der Waals surface area contributed by atoms with E-state index in [2.05, 4.69) is 0 Å². The van der Waals surface area contributed by atoms with Crippen molar-refractivity contribution in [2.45, 2.75) is 18.2 Å². The minimum absolute atomic E-state index is 0.225. The summed E-state index contributed by atoms with van der Waals surface area (Å²) in [7, 11) is -4.36. The Morgan fingerprint density at radius 2 is 1.96 bits per heavy atom. The topological polar surface area (TPSA) is 86.5 Å². The fourth-order valence-corrected chi connectivity index (χ4v) is 3.41. The second-order valence-corrected chi connectivity index (χ2v) is 6.44. The summed E-state index contributed by atoms with van der Waals surface area (Å²) in [5, 5.41) is 10.6. The van der Waals surface area contributed by atoms with Crippen molar-refractivity contribution in [2.75, 3.05) is 0 Å². The van der Waals surface area contributed by atoms with Crippen LogP contribution < -0.4 is 4.18 Å². The monoisotopic (exact) mass is 359 g/mol. The average molecular weight is 360 g/mol. The first-order chi connectivity index (χ1) is 10.7. The summed E-state index contributed by atoms with van der Waals surface area (Å²) in [6, 6.07) is 6.44. The summed E-state index contributed by atoms with van der Waals surface area (Å²) < 4.78 is 42.7. The summed E-state index contributed by atoms with van der Waals surface area (Å²) in [6.07, 6.45) is 0.326. The van der Waals surface area contributed by atoms with Crippen molar-refractivity contribution in [3.05, 3.63) is 62.9 Å². The molecular formula is C14H11ClFNO5S. The molecule has 0 aliphatic heterocycles. The number of nitro groups is 1. The molecule has 0 fully saturated rings. The quantitative estimate of drug-likeness (QED) is 0.461. The highest BCUT2D eigenvalue weighted by atomic mass is 35.5. The third-order valence-electron chi connectivity index (χ3n) is 3.01. The maximum atomic E-state index is 13.0. The van der Waals surface area contributed by atoms with Crippen LogP contribution in [0, 0.1) is 15.9 Å².